The van der Waals surface area contributed by atoms with Crippen molar-refractivity contribution >= 4 is 24.3 Å². The van der Waals surface area contributed by atoms with E-state index in [0.717, 1.165) is 0 Å². The van der Waals surface area contributed by atoms with Crippen molar-refractivity contribution in [2.24, 2.45) is 0 Å². The van der Waals surface area contributed by atoms with Gasteiger partial charge in [-0.3, -0.25) is 0 Å². The van der Waals surface area contributed by atoms with Crippen molar-refractivity contribution in [2.75, 3.05) is 0 Å². The predicted molar refractivity (Wildman–Crippen MR) is 160 cm³/mol. The lowest BCUT2D eigenvalue weighted by atomic mass is 10.1. The van der Waals surface area contributed by atoms with Crippen molar-refractivity contribution in [1.82, 2.24) is 0 Å². The molecule has 0 unspecified atom stereocenters. The zero-order valence-corrected chi connectivity index (χ0v) is 21.5. The Morgan fingerprint density at radius 1 is 0.429 bits per heavy atom. The quantitative estimate of drug-likeness (QED) is 0.285. The van der Waals surface area contributed by atoms with E-state index >= 15 is 0 Å². The molecule has 0 radical (unpaired) electrons. The van der Waals surface area contributed by atoms with E-state index in [0.29, 0.717) is 0 Å². The van der Waals surface area contributed by atoms with Crippen molar-refractivity contribution in [3.63, 3.8) is 0 Å². The molecule has 0 nitrogen and oxygen atoms in total. The molecule has 4 aromatic carbocycles. The summed E-state index contributed by atoms with van der Waals surface area (Å²) in [7, 11) is 0. The number of rotatable bonds is 4. The van der Waals surface area contributed by atoms with E-state index in [4.69, 9.17) is 0 Å². The molecule has 35 heavy (non-hydrogen) atoms. The standard InChI is InChI=1S/3C9H10.C8H8/c1-3-9-6-4-8(2)5-7-9;1-3-9-6-4-5-8(2)7-9;1-3-9-7-5-4-6-8(9)2;1-2-8-6-4-3-5-7-8/h3*3-7H,1H2,2H3;2-7H,1H2. The molecule has 0 spiro atoms. The fourth-order valence-electron chi connectivity index (χ4n) is 2.90. The molecule has 0 N–H and O–H groups in total. The lowest BCUT2D eigenvalue weighted by Crippen LogP contribution is -1.75. The maximum Gasteiger partial charge on any atom is -0.0233 e. The Labute approximate surface area is 213 Å². The van der Waals surface area contributed by atoms with Crippen molar-refractivity contribution in [2.45, 2.75) is 20.8 Å². The number of hydrogen-bond acceptors (Lipinski definition) is 0. The highest BCUT2D eigenvalue weighted by Crippen LogP contribution is 2.07. The van der Waals surface area contributed by atoms with Gasteiger partial charge in [-0.2, -0.15) is 0 Å². The zero-order chi connectivity index (χ0) is 25.9. The SMILES string of the molecule is C=Cc1ccc(C)cc1.C=Cc1cccc(C)c1.C=Cc1ccccc1.C=Cc1ccccc1C. The largest absolute Gasteiger partial charge is 0.0985 e. The summed E-state index contributed by atoms with van der Waals surface area (Å²) in [5, 5.41) is 0. The molecular formula is C35H38. The van der Waals surface area contributed by atoms with Crippen LogP contribution in [0.4, 0.5) is 0 Å². The minimum absolute atomic E-state index is 1.17. The summed E-state index contributed by atoms with van der Waals surface area (Å²) >= 11 is 0. The molecule has 0 saturated heterocycles. The van der Waals surface area contributed by atoms with E-state index < -0.39 is 0 Å². The van der Waals surface area contributed by atoms with Crippen molar-refractivity contribution in [3.05, 3.63) is 168 Å². The lowest BCUT2D eigenvalue weighted by molar-refractivity contribution is 1.45. The summed E-state index contributed by atoms with van der Waals surface area (Å²) in [5.74, 6) is 0. The highest BCUT2D eigenvalue weighted by Gasteiger charge is 1.87. The minimum atomic E-state index is 1.17. The van der Waals surface area contributed by atoms with Gasteiger partial charge in [-0.25, -0.2) is 0 Å². The monoisotopic (exact) mass is 458 g/mol. The molecular weight excluding hydrogens is 420 g/mol. The third-order valence-corrected chi connectivity index (χ3v) is 5.03. The van der Waals surface area contributed by atoms with E-state index in [1.54, 1.807) is 0 Å². The average Bonchev–Trinajstić information content (AvgIpc) is 2.91. The first-order chi connectivity index (χ1) is 16.9. The van der Waals surface area contributed by atoms with Crippen LogP contribution in [0.3, 0.4) is 0 Å². The number of benzene rings is 4. The van der Waals surface area contributed by atoms with Gasteiger partial charge in [0.1, 0.15) is 0 Å². The fourth-order valence-corrected chi connectivity index (χ4v) is 2.90. The van der Waals surface area contributed by atoms with Gasteiger partial charge in [-0.15, -0.1) is 0 Å². The van der Waals surface area contributed by atoms with Crippen LogP contribution in [0, 0.1) is 20.8 Å². The van der Waals surface area contributed by atoms with Crippen molar-refractivity contribution in [1.29, 1.82) is 0 Å². The first-order valence-electron chi connectivity index (χ1n) is 11.7. The smallest absolute Gasteiger partial charge is 0.0233 e. The summed E-state index contributed by atoms with van der Waals surface area (Å²) in [4.78, 5) is 0. The molecule has 178 valence electrons. The van der Waals surface area contributed by atoms with Crippen LogP contribution in [0.15, 0.2) is 129 Å². The first kappa shape index (κ1) is 28.9. The molecule has 0 saturated carbocycles. The van der Waals surface area contributed by atoms with Crippen LogP contribution in [0.5, 0.6) is 0 Å². The van der Waals surface area contributed by atoms with Gasteiger partial charge < -0.3 is 0 Å². The highest BCUT2D eigenvalue weighted by molar-refractivity contribution is 5.51. The van der Waals surface area contributed by atoms with Gasteiger partial charge in [0.05, 0.1) is 0 Å². The van der Waals surface area contributed by atoms with E-state index in [2.05, 4.69) is 95.6 Å². The Balaban J connectivity index is 0.000000234. The Kier molecular flexibility index (Phi) is 14.3. The van der Waals surface area contributed by atoms with Crippen molar-refractivity contribution in [3.8, 4) is 0 Å². The zero-order valence-electron chi connectivity index (χ0n) is 21.5. The summed E-state index contributed by atoms with van der Waals surface area (Å²) in [6.07, 6.45) is 7.40. The van der Waals surface area contributed by atoms with Gasteiger partial charge in [0.15, 0.2) is 0 Å². The molecule has 0 atom stereocenters. The molecule has 0 aromatic heterocycles. The van der Waals surface area contributed by atoms with Gasteiger partial charge in [-0.1, -0.05) is 165 Å². The molecule has 0 heteroatoms. The van der Waals surface area contributed by atoms with Crippen LogP contribution in [0.25, 0.3) is 24.3 Å². The maximum atomic E-state index is 3.69. The van der Waals surface area contributed by atoms with Gasteiger partial charge in [0, 0.05) is 0 Å². The Bertz CT molecular complexity index is 1160. The first-order valence-corrected chi connectivity index (χ1v) is 11.7. The molecule has 0 aliphatic rings. The van der Waals surface area contributed by atoms with Crippen LogP contribution in [0.1, 0.15) is 38.9 Å². The summed E-state index contributed by atoms with van der Waals surface area (Å²) < 4.78 is 0. The summed E-state index contributed by atoms with van der Waals surface area (Å²) in [5.41, 5.74) is 8.63. The number of hydrogen-bond donors (Lipinski definition) is 0. The third-order valence-electron chi connectivity index (χ3n) is 5.03. The second-order valence-corrected chi connectivity index (χ2v) is 7.91. The molecule has 0 aliphatic carbocycles. The fraction of sp³-hybridized carbons (Fsp3) is 0.0857. The molecule has 0 amide bonds. The molecule has 0 aliphatic heterocycles. The number of aryl methyl sites for hydroxylation is 3. The summed E-state index contributed by atoms with van der Waals surface area (Å²) in [6, 6.07) is 34.7. The molecule has 0 bridgehead atoms. The van der Waals surface area contributed by atoms with E-state index in [-0.39, 0.29) is 0 Å². The van der Waals surface area contributed by atoms with Crippen LogP contribution >= 0.6 is 0 Å². The van der Waals surface area contributed by atoms with E-state index in [9.17, 15) is 0 Å². The second kappa shape index (κ2) is 17.3. The molecule has 0 heterocycles. The topological polar surface area (TPSA) is 0 Å². The minimum Gasteiger partial charge on any atom is -0.0985 e. The predicted octanol–water partition coefficient (Wildman–Crippen LogP) is 10.2. The van der Waals surface area contributed by atoms with Gasteiger partial charge in [-0.05, 0) is 48.6 Å². The van der Waals surface area contributed by atoms with Gasteiger partial charge in [0.2, 0.25) is 0 Å². The van der Waals surface area contributed by atoms with E-state index in [1.807, 2.05) is 78.9 Å². The third kappa shape index (κ3) is 12.6. The van der Waals surface area contributed by atoms with Crippen LogP contribution in [0.2, 0.25) is 0 Å². The summed E-state index contributed by atoms with van der Waals surface area (Å²) in [6.45, 7) is 20.9. The Morgan fingerprint density at radius 3 is 1.37 bits per heavy atom. The van der Waals surface area contributed by atoms with E-state index in [1.165, 1.54) is 38.9 Å². The average molecular weight is 459 g/mol. The van der Waals surface area contributed by atoms with Crippen LogP contribution in [-0.4, -0.2) is 0 Å². The second-order valence-electron chi connectivity index (χ2n) is 7.91. The Hall–Kier alpha value is -4.16. The normalized spacial score (nSPS) is 8.89. The van der Waals surface area contributed by atoms with Gasteiger partial charge in [0.25, 0.3) is 0 Å². The van der Waals surface area contributed by atoms with Gasteiger partial charge >= 0.3 is 0 Å². The maximum absolute atomic E-state index is 3.69. The molecule has 4 rings (SSSR count). The Morgan fingerprint density at radius 2 is 0.943 bits per heavy atom. The highest BCUT2D eigenvalue weighted by atomic mass is 13.9. The van der Waals surface area contributed by atoms with Crippen LogP contribution < -0.4 is 0 Å². The molecule has 0 fully saturated rings. The lowest BCUT2D eigenvalue weighted by Gasteiger charge is -1.95. The molecule has 4 aromatic rings. The van der Waals surface area contributed by atoms with Crippen LogP contribution in [-0.2, 0) is 0 Å². The van der Waals surface area contributed by atoms with Crippen molar-refractivity contribution < 1.29 is 0 Å².